The molecule has 156 valence electrons. The zero-order chi connectivity index (χ0) is 21.4. The summed E-state index contributed by atoms with van der Waals surface area (Å²) in [7, 11) is 0. The molecule has 0 spiro atoms. The number of fused-ring (bicyclic) bond motifs is 5. The van der Waals surface area contributed by atoms with Gasteiger partial charge >= 0.3 is 5.97 Å². The number of allylic oxidation sites excluding steroid dienone is 5. The second-order valence-corrected chi connectivity index (χ2v) is 10.3. The number of ketones is 2. The summed E-state index contributed by atoms with van der Waals surface area (Å²) in [5.74, 6) is 0.198. The number of carbonyl (C=O) groups excluding carboxylic acids is 3. The largest absolute Gasteiger partial charge is 0.451 e. The van der Waals surface area contributed by atoms with Crippen LogP contribution < -0.4 is 0 Å². The molecule has 4 aliphatic rings. The third kappa shape index (κ3) is 2.60. The SMILES string of the molecule is C=C1C[C@@]2(C)C(=CC1=O)C(Cl)=C[C@@H]1[C@@H]2CC[C@@]2(C)[C@H]1CC[C@]2(OC(C)=O)C(C)=O. The van der Waals surface area contributed by atoms with E-state index in [4.69, 9.17) is 16.3 Å². The van der Waals surface area contributed by atoms with Crippen molar-refractivity contribution in [2.45, 2.75) is 65.4 Å². The first-order chi connectivity index (χ1) is 13.5. The lowest BCUT2D eigenvalue weighted by atomic mass is 9.47. The molecule has 0 amide bonds. The van der Waals surface area contributed by atoms with Gasteiger partial charge in [0.1, 0.15) is 0 Å². The van der Waals surface area contributed by atoms with Crippen molar-refractivity contribution in [3.8, 4) is 0 Å². The van der Waals surface area contributed by atoms with Gasteiger partial charge in [0.2, 0.25) is 0 Å². The van der Waals surface area contributed by atoms with Crippen molar-refractivity contribution >= 4 is 29.1 Å². The number of carbonyl (C=O) groups is 3. The lowest BCUT2D eigenvalue weighted by molar-refractivity contribution is -0.185. The Morgan fingerprint density at radius 3 is 2.45 bits per heavy atom. The first kappa shape index (κ1) is 20.6. The molecule has 29 heavy (non-hydrogen) atoms. The molecular weight excluding hydrogens is 388 g/mol. The average molecular weight is 417 g/mol. The van der Waals surface area contributed by atoms with Crippen molar-refractivity contribution in [3.63, 3.8) is 0 Å². The Kier molecular flexibility index (Phi) is 4.55. The van der Waals surface area contributed by atoms with Crippen molar-refractivity contribution in [1.29, 1.82) is 0 Å². The minimum atomic E-state index is -1.06. The van der Waals surface area contributed by atoms with Crippen LogP contribution in [0.4, 0.5) is 0 Å². The third-order valence-electron chi connectivity index (χ3n) is 8.57. The van der Waals surface area contributed by atoms with Crippen molar-refractivity contribution in [2.24, 2.45) is 28.6 Å². The number of rotatable bonds is 2. The number of Topliss-reactive ketones (excluding diaryl/α,β-unsaturated/α-hetero) is 1. The summed E-state index contributed by atoms with van der Waals surface area (Å²) in [6, 6.07) is 0. The number of hydrogen-bond acceptors (Lipinski definition) is 4. The molecule has 0 saturated heterocycles. The summed E-state index contributed by atoms with van der Waals surface area (Å²) in [5, 5.41) is 0.645. The quantitative estimate of drug-likeness (QED) is 0.473. The van der Waals surface area contributed by atoms with Gasteiger partial charge in [0, 0.05) is 22.8 Å². The van der Waals surface area contributed by atoms with Crippen LogP contribution in [0.5, 0.6) is 0 Å². The molecule has 4 rings (SSSR count). The van der Waals surface area contributed by atoms with Gasteiger partial charge in [0.15, 0.2) is 17.2 Å². The predicted octanol–water partition coefficient (Wildman–Crippen LogP) is 4.92. The fourth-order valence-electron chi connectivity index (χ4n) is 7.19. The van der Waals surface area contributed by atoms with Crippen LogP contribution in [0.15, 0.2) is 34.9 Å². The fraction of sp³-hybridized carbons (Fsp3) is 0.625. The molecule has 6 atom stereocenters. The second kappa shape index (κ2) is 6.41. The van der Waals surface area contributed by atoms with Crippen molar-refractivity contribution in [1.82, 2.24) is 0 Å². The molecule has 0 heterocycles. The second-order valence-electron chi connectivity index (χ2n) is 9.90. The van der Waals surface area contributed by atoms with E-state index in [0.29, 0.717) is 29.4 Å². The lowest BCUT2D eigenvalue weighted by Crippen LogP contribution is -2.58. The smallest absolute Gasteiger partial charge is 0.303 e. The number of esters is 1. The van der Waals surface area contributed by atoms with Crippen molar-refractivity contribution in [3.05, 3.63) is 34.9 Å². The maximum atomic E-state index is 12.8. The highest BCUT2D eigenvalue weighted by Crippen LogP contribution is 2.68. The third-order valence-corrected chi connectivity index (χ3v) is 8.90. The minimum Gasteiger partial charge on any atom is -0.451 e. The molecule has 0 aromatic rings. The Bertz CT molecular complexity index is 899. The summed E-state index contributed by atoms with van der Waals surface area (Å²) >= 11 is 6.73. The van der Waals surface area contributed by atoms with Gasteiger partial charge in [-0.3, -0.25) is 14.4 Å². The van der Waals surface area contributed by atoms with Crippen LogP contribution >= 0.6 is 11.6 Å². The zero-order valence-corrected chi connectivity index (χ0v) is 18.4. The Morgan fingerprint density at radius 2 is 1.83 bits per heavy atom. The van der Waals surface area contributed by atoms with E-state index in [0.717, 1.165) is 24.8 Å². The highest BCUT2D eigenvalue weighted by atomic mass is 35.5. The molecule has 0 aliphatic heterocycles. The maximum absolute atomic E-state index is 12.8. The molecule has 0 unspecified atom stereocenters. The van der Waals surface area contributed by atoms with E-state index < -0.39 is 17.0 Å². The molecular formula is C24H29ClO4. The molecule has 0 aromatic carbocycles. The molecule has 0 N–H and O–H groups in total. The molecule has 0 radical (unpaired) electrons. The van der Waals surface area contributed by atoms with Gasteiger partial charge in [-0.2, -0.15) is 0 Å². The Hall–Kier alpha value is -1.68. The van der Waals surface area contributed by atoms with Crippen LogP contribution in [0.25, 0.3) is 0 Å². The van der Waals surface area contributed by atoms with E-state index in [1.54, 1.807) is 13.0 Å². The Labute approximate surface area is 177 Å². The Balaban J connectivity index is 1.80. The van der Waals surface area contributed by atoms with E-state index >= 15 is 0 Å². The highest BCUT2D eigenvalue weighted by Gasteiger charge is 2.67. The van der Waals surface area contributed by atoms with E-state index in [-0.39, 0.29) is 28.8 Å². The van der Waals surface area contributed by atoms with E-state index in [1.165, 1.54) is 6.92 Å². The Morgan fingerprint density at radius 1 is 1.17 bits per heavy atom. The average Bonchev–Trinajstić information content (AvgIpc) is 2.91. The van der Waals surface area contributed by atoms with E-state index in [9.17, 15) is 14.4 Å². The summed E-state index contributed by atoms with van der Waals surface area (Å²) in [4.78, 5) is 36.9. The van der Waals surface area contributed by atoms with E-state index in [2.05, 4.69) is 26.5 Å². The first-order valence-electron chi connectivity index (χ1n) is 10.5. The van der Waals surface area contributed by atoms with Crippen LogP contribution in [-0.4, -0.2) is 23.1 Å². The van der Waals surface area contributed by atoms with Gasteiger partial charge in [-0.05, 0) is 74.0 Å². The minimum absolute atomic E-state index is 0.0329. The van der Waals surface area contributed by atoms with Crippen molar-refractivity contribution in [2.75, 3.05) is 0 Å². The molecule has 2 saturated carbocycles. The predicted molar refractivity (Wildman–Crippen MR) is 111 cm³/mol. The van der Waals surface area contributed by atoms with Crippen LogP contribution in [0, 0.1) is 28.6 Å². The molecule has 5 heteroatoms. The summed E-state index contributed by atoms with van der Waals surface area (Å²) in [6.07, 6.45) is 7.47. The maximum Gasteiger partial charge on any atom is 0.303 e. The zero-order valence-electron chi connectivity index (χ0n) is 17.6. The van der Waals surface area contributed by atoms with Crippen molar-refractivity contribution < 1.29 is 19.1 Å². The van der Waals surface area contributed by atoms with Crippen LogP contribution in [0.1, 0.15) is 59.8 Å². The van der Waals surface area contributed by atoms with Crippen LogP contribution in [-0.2, 0) is 19.1 Å². The monoisotopic (exact) mass is 416 g/mol. The van der Waals surface area contributed by atoms with Gasteiger partial charge in [-0.25, -0.2) is 0 Å². The van der Waals surface area contributed by atoms with Crippen LogP contribution in [0.3, 0.4) is 0 Å². The molecule has 4 aliphatic carbocycles. The summed E-state index contributed by atoms with van der Waals surface area (Å²) < 4.78 is 5.79. The van der Waals surface area contributed by atoms with Gasteiger partial charge in [0.25, 0.3) is 0 Å². The van der Waals surface area contributed by atoms with E-state index in [1.807, 2.05) is 0 Å². The molecule has 0 aromatic heterocycles. The number of halogens is 1. The van der Waals surface area contributed by atoms with Gasteiger partial charge in [0.05, 0.1) is 0 Å². The summed E-state index contributed by atoms with van der Waals surface area (Å²) in [5.41, 5.74) is -0.140. The van der Waals surface area contributed by atoms with Crippen LogP contribution in [0.2, 0.25) is 0 Å². The van der Waals surface area contributed by atoms with Gasteiger partial charge < -0.3 is 4.74 Å². The lowest BCUT2D eigenvalue weighted by Gasteiger charge is -2.57. The highest BCUT2D eigenvalue weighted by molar-refractivity contribution is 6.33. The molecule has 4 nitrogen and oxygen atoms in total. The van der Waals surface area contributed by atoms with Gasteiger partial charge in [-0.1, -0.05) is 38.1 Å². The molecule has 0 bridgehead atoms. The number of hydrogen-bond donors (Lipinski definition) is 0. The standard InChI is InChI=1S/C24H29ClO4/c1-13-12-22(4)17-6-8-23(5)18(7-9-24(23,14(2)26)29-15(3)27)16(17)10-20(25)19(22)11-21(13)28/h10-11,16-18H,1,6-9,12H2,2-5H3/t16-,17+,18+,22-,23+,24+/m1/s1. The number of ether oxygens (including phenoxy) is 1. The summed E-state index contributed by atoms with van der Waals surface area (Å²) in [6.45, 7) is 11.2. The normalized spacial score (nSPS) is 43.6. The topological polar surface area (TPSA) is 60.4 Å². The molecule has 2 fully saturated rings. The fourth-order valence-corrected chi connectivity index (χ4v) is 7.60. The first-order valence-corrected chi connectivity index (χ1v) is 10.9. The van der Waals surface area contributed by atoms with Gasteiger partial charge in [-0.15, -0.1) is 0 Å².